The number of aromatic amines is 1. The summed E-state index contributed by atoms with van der Waals surface area (Å²) in [5.41, 5.74) is 2.01. The minimum absolute atomic E-state index is 0. The topological polar surface area (TPSA) is 72.5 Å². The molecule has 0 atom stereocenters. The molecule has 1 amide bonds. The molecule has 6 nitrogen and oxygen atoms in total. The normalized spacial score (nSPS) is 15.4. The van der Waals surface area contributed by atoms with Crippen LogP contribution in [0.25, 0.3) is 10.9 Å². The number of hydrogen-bond donors (Lipinski definition) is 3. The zero-order valence-electron chi connectivity index (χ0n) is 18.0. The van der Waals surface area contributed by atoms with Gasteiger partial charge in [0.2, 0.25) is 5.91 Å². The Balaban J connectivity index is 0.00000320. The van der Waals surface area contributed by atoms with E-state index < -0.39 is 0 Å². The Bertz CT molecular complexity index is 858. The van der Waals surface area contributed by atoms with Crippen molar-refractivity contribution in [2.24, 2.45) is 10.9 Å². The van der Waals surface area contributed by atoms with Crippen molar-refractivity contribution < 1.29 is 9.18 Å². The number of aliphatic imine (C=N–C) groups is 1. The van der Waals surface area contributed by atoms with Crippen LogP contribution in [0.3, 0.4) is 0 Å². The Morgan fingerprint density at radius 2 is 2.07 bits per heavy atom. The molecule has 1 aromatic carbocycles. The van der Waals surface area contributed by atoms with Crippen molar-refractivity contribution in [1.29, 1.82) is 0 Å². The van der Waals surface area contributed by atoms with Gasteiger partial charge in [-0.3, -0.25) is 9.79 Å². The van der Waals surface area contributed by atoms with E-state index in [2.05, 4.69) is 15.6 Å². The lowest BCUT2D eigenvalue weighted by atomic mass is 10.0. The number of carbonyl (C=O) groups is 1. The van der Waals surface area contributed by atoms with Gasteiger partial charge >= 0.3 is 0 Å². The summed E-state index contributed by atoms with van der Waals surface area (Å²) >= 11 is 0. The number of nitrogens with one attached hydrogen (secondary N) is 3. The van der Waals surface area contributed by atoms with Crippen molar-refractivity contribution in [3.05, 3.63) is 35.8 Å². The molecule has 166 valence electrons. The van der Waals surface area contributed by atoms with Crippen LogP contribution in [-0.2, 0) is 11.2 Å². The highest BCUT2D eigenvalue weighted by Crippen LogP contribution is 2.20. The average molecular weight is 529 g/mol. The van der Waals surface area contributed by atoms with E-state index in [1.54, 1.807) is 12.1 Å². The summed E-state index contributed by atoms with van der Waals surface area (Å²) in [5.74, 6) is 0.863. The fraction of sp³-hybridized carbons (Fsp3) is 0.545. The second-order valence-corrected chi connectivity index (χ2v) is 7.91. The molecule has 1 aliphatic heterocycles. The smallest absolute Gasteiger partial charge is 0.225 e. The van der Waals surface area contributed by atoms with Crippen LogP contribution in [0.2, 0.25) is 0 Å². The molecule has 1 aromatic heterocycles. The Kier molecular flexibility index (Phi) is 9.38. The van der Waals surface area contributed by atoms with Gasteiger partial charge in [-0.25, -0.2) is 4.39 Å². The summed E-state index contributed by atoms with van der Waals surface area (Å²) in [7, 11) is 0. The van der Waals surface area contributed by atoms with Gasteiger partial charge in [0.1, 0.15) is 5.82 Å². The van der Waals surface area contributed by atoms with E-state index in [4.69, 9.17) is 4.99 Å². The van der Waals surface area contributed by atoms with E-state index in [0.717, 1.165) is 61.3 Å². The van der Waals surface area contributed by atoms with E-state index in [0.29, 0.717) is 12.6 Å². The highest BCUT2D eigenvalue weighted by atomic mass is 127. The van der Waals surface area contributed by atoms with Gasteiger partial charge in [0.25, 0.3) is 0 Å². The van der Waals surface area contributed by atoms with Gasteiger partial charge in [-0.2, -0.15) is 0 Å². The number of nitrogens with zero attached hydrogens (tertiary/aromatic N) is 2. The number of carbonyl (C=O) groups excluding carboxylic acids is 1. The van der Waals surface area contributed by atoms with Crippen LogP contribution >= 0.6 is 24.0 Å². The third kappa shape index (κ3) is 6.33. The van der Waals surface area contributed by atoms with Crippen LogP contribution in [0.5, 0.6) is 0 Å². The standard InChI is InChI=1S/C22H32FN5O.HI/c1-4-24-22(27-18-8-11-28(12-9-18)21(29)15(2)3)25-10-7-16-14-26-20-6-5-17(23)13-19(16)20;/h5-6,13-15,18,26H,4,7-12H2,1-3H3,(H2,24,25,27);1H. The summed E-state index contributed by atoms with van der Waals surface area (Å²) in [6.45, 7) is 8.92. The number of guanidine groups is 1. The molecule has 2 aromatic rings. The third-order valence-electron chi connectivity index (χ3n) is 5.37. The molecule has 30 heavy (non-hydrogen) atoms. The van der Waals surface area contributed by atoms with Crippen molar-refractivity contribution in [3.63, 3.8) is 0 Å². The number of amides is 1. The van der Waals surface area contributed by atoms with Crippen molar-refractivity contribution in [2.45, 2.75) is 46.1 Å². The van der Waals surface area contributed by atoms with Crippen LogP contribution in [0.1, 0.15) is 39.2 Å². The minimum Gasteiger partial charge on any atom is -0.361 e. The molecule has 2 heterocycles. The number of aromatic nitrogens is 1. The van der Waals surface area contributed by atoms with Crippen LogP contribution in [0.4, 0.5) is 4.39 Å². The van der Waals surface area contributed by atoms with Crippen molar-refractivity contribution in [3.8, 4) is 0 Å². The fourth-order valence-corrected chi connectivity index (χ4v) is 3.77. The van der Waals surface area contributed by atoms with Gasteiger partial charge in [-0.1, -0.05) is 13.8 Å². The molecule has 1 fully saturated rings. The lowest BCUT2D eigenvalue weighted by Gasteiger charge is -2.34. The number of benzene rings is 1. The second kappa shape index (κ2) is 11.5. The van der Waals surface area contributed by atoms with Gasteiger partial charge in [0.05, 0.1) is 0 Å². The first-order valence-electron chi connectivity index (χ1n) is 10.6. The average Bonchev–Trinajstić information content (AvgIpc) is 3.10. The molecule has 0 saturated carbocycles. The molecule has 1 saturated heterocycles. The molecule has 3 rings (SSSR count). The Morgan fingerprint density at radius 3 is 2.73 bits per heavy atom. The number of H-pyrrole nitrogens is 1. The Labute approximate surface area is 195 Å². The highest BCUT2D eigenvalue weighted by molar-refractivity contribution is 14.0. The number of hydrogen-bond acceptors (Lipinski definition) is 2. The first-order chi connectivity index (χ1) is 14.0. The zero-order chi connectivity index (χ0) is 20.8. The Hall–Kier alpha value is -1.84. The predicted octanol–water partition coefficient (Wildman–Crippen LogP) is 3.67. The zero-order valence-corrected chi connectivity index (χ0v) is 20.3. The van der Waals surface area contributed by atoms with E-state index >= 15 is 0 Å². The first-order valence-corrected chi connectivity index (χ1v) is 10.6. The summed E-state index contributed by atoms with van der Waals surface area (Å²) in [6, 6.07) is 5.11. The number of halogens is 2. The Morgan fingerprint density at radius 1 is 1.33 bits per heavy atom. The quantitative estimate of drug-likeness (QED) is 0.304. The lowest BCUT2D eigenvalue weighted by Crippen LogP contribution is -2.50. The SMILES string of the molecule is CCNC(=NCCc1c[nH]c2ccc(F)cc12)NC1CCN(C(=O)C(C)C)CC1.I. The number of fused-ring (bicyclic) bond motifs is 1. The molecule has 0 aliphatic carbocycles. The van der Waals surface area contributed by atoms with Crippen molar-refractivity contribution in [1.82, 2.24) is 20.5 Å². The largest absolute Gasteiger partial charge is 0.361 e. The molecule has 0 bridgehead atoms. The molecule has 1 aliphatic rings. The summed E-state index contributed by atoms with van der Waals surface area (Å²) in [4.78, 5) is 22.0. The first kappa shape index (κ1) is 24.4. The third-order valence-corrected chi connectivity index (χ3v) is 5.37. The summed E-state index contributed by atoms with van der Waals surface area (Å²) in [5, 5.41) is 7.72. The molecule has 0 unspecified atom stereocenters. The monoisotopic (exact) mass is 529 g/mol. The van der Waals surface area contributed by atoms with E-state index in [-0.39, 0.29) is 41.6 Å². The molecular formula is C22H33FIN5O. The predicted molar refractivity (Wildman–Crippen MR) is 131 cm³/mol. The molecule has 0 radical (unpaired) electrons. The maximum atomic E-state index is 13.5. The van der Waals surface area contributed by atoms with Gasteiger partial charge in [-0.15, -0.1) is 24.0 Å². The number of likely N-dealkylation sites (tertiary alicyclic amines) is 1. The van der Waals surface area contributed by atoms with Crippen molar-refractivity contribution >= 4 is 46.7 Å². The summed E-state index contributed by atoms with van der Waals surface area (Å²) in [6.07, 6.45) is 4.51. The van der Waals surface area contributed by atoms with E-state index in [9.17, 15) is 9.18 Å². The van der Waals surface area contributed by atoms with Crippen molar-refractivity contribution in [2.75, 3.05) is 26.2 Å². The molecular weight excluding hydrogens is 496 g/mol. The maximum absolute atomic E-state index is 13.5. The van der Waals surface area contributed by atoms with Crippen LogP contribution in [0, 0.1) is 11.7 Å². The minimum atomic E-state index is -0.223. The van der Waals surface area contributed by atoms with Gasteiger partial charge in [0.15, 0.2) is 5.96 Å². The highest BCUT2D eigenvalue weighted by Gasteiger charge is 2.24. The van der Waals surface area contributed by atoms with E-state index in [1.807, 2.05) is 31.9 Å². The van der Waals surface area contributed by atoms with Gasteiger partial charge < -0.3 is 20.5 Å². The number of piperidine rings is 1. The lowest BCUT2D eigenvalue weighted by molar-refractivity contribution is -0.135. The van der Waals surface area contributed by atoms with Gasteiger partial charge in [0, 0.05) is 55.2 Å². The van der Waals surface area contributed by atoms with Gasteiger partial charge in [-0.05, 0) is 49.9 Å². The molecule has 3 N–H and O–H groups in total. The molecule has 0 spiro atoms. The van der Waals surface area contributed by atoms with Crippen LogP contribution in [-0.4, -0.2) is 54.0 Å². The maximum Gasteiger partial charge on any atom is 0.225 e. The van der Waals surface area contributed by atoms with E-state index in [1.165, 1.54) is 6.07 Å². The second-order valence-electron chi connectivity index (χ2n) is 7.91. The van der Waals surface area contributed by atoms with Crippen LogP contribution < -0.4 is 10.6 Å². The molecule has 8 heteroatoms. The number of rotatable bonds is 6. The fourth-order valence-electron chi connectivity index (χ4n) is 3.77. The summed E-state index contributed by atoms with van der Waals surface area (Å²) < 4.78 is 13.5. The van der Waals surface area contributed by atoms with Crippen LogP contribution in [0.15, 0.2) is 29.4 Å².